The Bertz CT molecular complexity index is 610. The predicted octanol–water partition coefficient (Wildman–Crippen LogP) is 3.32. The van der Waals surface area contributed by atoms with Crippen LogP contribution in [0.1, 0.15) is 81.5 Å². The molecule has 7 heteroatoms. The van der Waals surface area contributed by atoms with Gasteiger partial charge in [-0.25, -0.2) is 13.0 Å². The molecular formula is C20H36N2O4S. The summed E-state index contributed by atoms with van der Waals surface area (Å²) in [5.41, 5.74) is 0.733. The van der Waals surface area contributed by atoms with Gasteiger partial charge in [0.15, 0.2) is 12.4 Å². The molecular weight excluding hydrogens is 364 g/mol. The van der Waals surface area contributed by atoms with Crippen molar-refractivity contribution in [2.75, 3.05) is 12.8 Å². The third kappa shape index (κ3) is 19.1. The van der Waals surface area contributed by atoms with Crippen LogP contribution in [0.2, 0.25) is 0 Å². The first-order chi connectivity index (χ1) is 12.7. The maximum absolute atomic E-state index is 11.9. The number of rotatable bonds is 12. The molecule has 1 amide bonds. The Morgan fingerprint density at radius 3 is 2.00 bits per heavy atom. The van der Waals surface area contributed by atoms with Crippen LogP contribution in [0.3, 0.4) is 0 Å². The van der Waals surface area contributed by atoms with Crippen molar-refractivity contribution in [2.24, 2.45) is 7.05 Å². The molecule has 156 valence electrons. The van der Waals surface area contributed by atoms with E-state index in [1.807, 2.05) is 36.1 Å². The Hall–Kier alpha value is -1.47. The van der Waals surface area contributed by atoms with Crippen molar-refractivity contribution in [3.05, 3.63) is 30.1 Å². The molecule has 0 aliphatic heterocycles. The van der Waals surface area contributed by atoms with E-state index in [2.05, 4.69) is 12.2 Å². The zero-order valence-electron chi connectivity index (χ0n) is 17.1. The summed E-state index contributed by atoms with van der Waals surface area (Å²) in [6, 6.07) is 3.75. The highest BCUT2D eigenvalue weighted by atomic mass is 32.2. The number of hydrogen-bond donors (Lipinski definition) is 1. The van der Waals surface area contributed by atoms with E-state index in [0.29, 0.717) is 6.26 Å². The van der Waals surface area contributed by atoms with Gasteiger partial charge in [-0.15, -0.1) is 0 Å². The molecule has 0 spiro atoms. The lowest BCUT2D eigenvalue weighted by molar-refractivity contribution is -0.671. The number of aromatic nitrogens is 1. The fraction of sp³-hybridized carbons (Fsp3) is 0.700. The third-order valence-corrected chi connectivity index (χ3v) is 4.02. The highest BCUT2D eigenvalue weighted by Crippen LogP contribution is 2.10. The number of carbonyl (C=O) groups is 1. The lowest BCUT2D eigenvalue weighted by atomic mass is 10.1. The fourth-order valence-electron chi connectivity index (χ4n) is 2.64. The molecule has 0 fully saturated rings. The molecule has 0 aliphatic rings. The number of unbranched alkanes of at least 4 members (excludes halogenated alkanes) is 9. The van der Waals surface area contributed by atoms with E-state index in [9.17, 15) is 4.79 Å². The monoisotopic (exact) mass is 400 g/mol. The molecule has 0 aromatic carbocycles. The Balaban J connectivity index is 0.00000119. The van der Waals surface area contributed by atoms with Gasteiger partial charge in [0.2, 0.25) is 0 Å². The standard InChI is InChI=1S/C19H32N2O.CH4O3S/c1-3-4-5-6-7-8-9-10-11-12-15-20-19(22)18-14-13-16-21(2)17-18;1-5(2,3)4/h13-14,16-17H,3-12,15H2,1-2H3;1H3,(H,2,3,4). The van der Waals surface area contributed by atoms with E-state index in [0.717, 1.165) is 18.5 Å². The van der Waals surface area contributed by atoms with Crippen LogP contribution in [0.4, 0.5) is 0 Å². The van der Waals surface area contributed by atoms with Gasteiger partial charge in [-0.1, -0.05) is 64.7 Å². The van der Waals surface area contributed by atoms with Gasteiger partial charge in [0.05, 0.1) is 10.1 Å². The minimum atomic E-state index is -3.92. The molecule has 1 heterocycles. The summed E-state index contributed by atoms with van der Waals surface area (Å²) >= 11 is 0. The Kier molecular flexibility index (Phi) is 14.7. The molecule has 1 N–H and O–H groups in total. The van der Waals surface area contributed by atoms with Crippen molar-refractivity contribution in [3.8, 4) is 0 Å². The normalized spacial score (nSPS) is 10.8. The first-order valence-corrected chi connectivity index (χ1v) is 11.7. The van der Waals surface area contributed by atoms with Gasteiger partial charge in [-0.05, 0) is 12.5 Å². The SMILES string of the molecule is CCCCCCCCCCCCNC(=O)c1ccc[n+](C)c1.CS(=O)(=O)[O-]. The van der Waals surface area contributed by atoms with Crippen molar-refractivity contribution >= 4 is 16.0 Å². The molecule has 27 heavy (non-hydrogen) atoms. The third-order valence-electron chi connectivity index (χ3n) is 4.02. The van der Waals surface area contributed by atoms with Crippen LogP contribution in [0.25, 0.3) is 0 Å². The number of nitrogens with one attached hydrogen (secondary N) is 1. The summed E-state index contributed by atoms with van der Waals surface area (Å²) in [6.07, 6.45) is 17.6. The van der Waals surface area contributed by atoms with Gasteiger partial charge in [0.1, 0.15) is 12.6 Å². The van der Waals surface area contributed by atoms with E-state index in [4.69, 9.17) is 13.0 Å². The predicted molar refractivity (Wildman–Crippen MR) is 107 cm³/mol. The molecule has 0 atom stereocenters. The van der Waals surface area contributed by atoms with Crippen molar-refractivity contribution < 1.29 is 22.3 Å². The number of nitrogens with zero attached hydrogens (tertiary/aromatic N) is 1. The van der Waals surface area contributed by atoms with Crippen molar-refractivity contribution in [3.63, 3.8) is 0 Å². The Labute approximate surface area is 165 Å². The first kappa shape index (κ1) is 25.5. The van der Waals surface area contributed by atoms with Crippen molar-refractivity contribution in [2.45, 2.75) is 71.1 Å². The second-order valence-electron chi connectivity index (χ2n) is 6.90. The van der Waals surface area contributed by atoms with E-state index in [1.54, 1.807) is 0 Å². The van der Waals surface area contributed by atoms with Crippen molar-refractivity contribution in [1.29, 1.82) is 0 Å². The number of aryl methyl sites for hydroxylation is 1. The van der Waals surface area contributed by atoms with Crippen LogP contribution >= 0.6 is 0 Å². The molecule has 0 unspecified atom stereocenters. The van der Waals surface area contributed by atoms with Crippen LogP contribution in [0.5, 0.6) is 0 Å². The summed E-state index contributed by atoms with van der Waals surface area (Å²) in [5, 5.41) is 3.00. The maximum Gasteiger partial charge on any atom is 0.257 e. The topological polar surface area (TPSA) is 90.2 Å². The lowest BCUT2D eigenvalue weighted by Crippen LogP contribution is -2.31. The minimum Gasteiger partial charge on any atom is -0.748 e. The molecule has 1 rings (SSSR count). The van der Waals surface area contributed by atoms with Crippen LogP contribution in [0.15, 0.2) is 24.5 Å². The second-order valence-corrected chi connectivity index (χ2v) is 8.31. The van der Waals surface area contributed by atoms with Crippen molar-refractivity contribution in [1.82, 2.24) is 5.32 Å². The van der Waals surface area contributed by atoms with Gasteiger partial charge < -0.3 is 9.87 Å². The van der Waals surface area contributed by atoms with Gasteiger partial charge in [0.25, 0.3) is 5.91 Å². The molecule has 1 aromatic heterocycles. The van der Waals surface area contributed by atoms with Gasteiger partial charge >= 0.3 is 0 Å². The summed E-state index contributed by atoms with van der Waals surface area (Å²) in [5.74, 6) is 0.0344. The molecule has 6 nitrogen and oxygen atoms in total. The lowest BCUT2D eigenvalue weighted by Gasteiger charge is -2.05. The summed E-state index contributed by atoms with van der Waals surface area (Å²) in [6.45, 7) is 3.05. The zero-order valence-corrected chi connectivity index (χ0v) is 17.9. The van der Waals surface area contributed by atoms with Gasteiger partial charge in [-0.3, -0.25) is 4.79 Å². The molecule has 0 aliphatic carbocycles. The van der Waals surface area contributed by atoms with Crippen LogP contribution in [-0.4, -0.2) is 31.7 Å². The minimum absolute atomic E-state index is 0.0344. The summed E-state index contributed by atoms with van der Waals surface area (Å²) in [7, 11) is -1.99. The smallest absolute Gasteiger partial charge is 0.257 e. The van der Waals surface area contributed by atoms with E-state index < -0.39 is 10.1 Å². The van der Waals surface area contributed by atoms with E-state index in [1.165, 1.54) is 57.8 Å². The molecule has 0 saturated heterocycles. The Morgan fingerprint density at radius 2 is 1.52 bits per heavy atom. The van der Waals surface area contributed by atoms with Crippen LogP contribution in [0, 0.1) is 0 Å². The molecule has 0 saturated carbocycles. The molecule has 0 bridgehead atoms. The van der Waals surface area contributed by atoms with Gasteiger partial charge in [-0.2, -0.15) is 0 Å². The average molecular weight is 401 g/mol. The number of hydrogen-bond acceptors (Lipinski definition) is 4. The zero-order chi connectivity index (χ0) is 20.5. The fourth-order valence-corrected chi connectivity index (χ4v) is 2.64. The summed E-state index contributed by atoms with van der Waals surface area (Å²) in [4.78, 5) is 11.9. The maximum atomic E-state index is 11.9. The van der Waals surface area contributed by atoms with Crippen LogP contribution in [-0.2, 0) is 17.2 Å². The highest BCUT2D eigenvalue weighted by molar-refractivity contribution is 7.84. The Morgan fingerprint density at radius 1 is 1.04 bits per heavy atom. The number of carbonyl (C=O) groups excluding carboxylic acids is 1. The summed E-state index contributed by atoms with van der Waals surface area (Å²) < 4.78 is 29.1. The second kappa shape index (κ2) is 15.6. The highest BCUT2D eigenvalue weighted by Gasteiger charge is 2.07. The number of pyridine rings is 1. The largest absolute Gasteiger partial charge is 0.748 e. The quantitative estimate of drug-likeness (QED) is 0.331. The van der Waals surface area contributed by atoms with E-state index in [-0.39, 0.29) is 5.91 Å². The van der Waals surface area contributed by atoms with E-state index >= 15 is 0 Å². The average Bonchev–Trinajstić information content (AvgIpc) is 2.58. The number of amides is 1. The molecule has 0 radical (unpaired) electrons. The van der Waals surface area contributed by atoms with Gasteiger partial charge in [0, 0.05) is 18.9 Å². The first-order valence-electron chi connectivity index (χ1n) is 9.88. The molecule has 1 aromatic rings. The van der Waals surface area contributed by atoms with Crippen LogP contribution < -0.4 is 9.88 Å².